The molecule has 1 aromatic carbocycles. The third-order valence-electron chi connectivity index (χ3n) is 3.01. The van der Waals surface area contributed by atoms with Crippen molar-refractivity contribution in [1.29, 1.82) is 0 Å². The van der Waals surface area contributed by atoms with Crippen LogP contribution in [-0.4, -0.2) is 12.5 Å². The quantitative estimate of drug-likeness (QED) is 0.828. The number of hydrogen-bond acceptors (Lipinski definition) is 3. The van der Waals surface area contributed by atoms with E-state index in [1.807, 2.05) is 32.0 Å². The molecule has 2 rings (SSSR count). The maximum Gasteiger partial charge on any atom is 0.287 e. The van der Waals surface area contributed by atoms with Gasteiger partial charge >= 0.3 is 0 Å². The fourth-order valence-corrected chi connectivity index (χ4v) is 1.84. The minimum atomic E-state index is -0.257. The topological polar surface area (TPSA) is 51.5 Å². The molecule has 1 N–H and O–H groups in total. The van der Waals surface area contributed by atoms with Crippen molar-refractivity contribution in [2.24, 2.45) is 0 Å². The molecule has 0 atom stereocenters. The predicted octanol–water partition coefficient (Wildman–Crippen LogP) is 3.39. The summed E-state index contributed by atoms with van der Waals surface area (Å²) in [6, 6.07) is 9.42. The lowest BCUT2D eigenvalue weighted by Crippen LogP contribution is -2.22. The zero-order valence-electron chi connectivity index (χ0n) is 12.3. The van der Waals surface area contributed by atoms with Gasteiger partial charge in [0.1, 0.15) is 18.1 Å². The van der Waals surface area contributed by atoms with E-state index in [1.54, 1.807) is 18.2 Å². The first-order chi connectivity index (χ1) is 10.1. The lowest BCUT2D eigenvalue weighted by Gasteiger charge is -2.08. The summed E-state index contributed by atoms with van der Waals surface area (Å²) in [6.45, 7) is 8.25. The van der Waals surface area contributed by atoms with E-state index >= 15 is 0 Å². The van der Waals surface area contributed by atoms with Gasteiger partial charge in [-0.2, -0.15) is 0 Å². The molecule has 0 saturated carbocycles. The van der Waals surface area contributed by atoms with Gasteiger partial charge in [-0.3, -0.25) is 4.79 Å². The summed E-state index contributed by atoms with van der Waals surface area (Å²) in [4.78, 5) is 11.7. The summed E-state index contributed by atoms with van der Waals surface area (Å²) in [5.74, 6) is 1.45. The number of benzene rings is 1. The van der Waals surface area contributed by atoms with Gasteiger partial charge in [0, 0.05) is 6.54 Å². The number of amides is 1. The van der Waals surface area contributed by atoms with Crippen LogP contribution >= 0.6 is 0 Å². The molecule has 110 valence electrons. The van der Waals surface area contributed by atoms with Gasteiger partial charge in [-0.25, -0.2) is 0 Å². The van der Waals surface area contributed by atoms with Crippen LogP contribution in [0.15, 0.2) is 47.4 Å². The lowest BCUT2D eigenvalue weighted by molar-refractivity contribution is 0.0926. The van der Waals surface area contributed by atoms with Crippen LogP contribution in [0.3, 0.4) is 0 Å². The molecule has 4 nitrogen and oxygen atoms in total. The molecule has 0 fully saturated rings. The number of carbonyl (C=O) groups excluding carboxylic acids is 1. The first-order valence-corrected chi connectivity index (χ1v) is 6.78. The van der Waals surface area contributed by atoms with Crippen LogP contribution < -0.4 is 10.1 Å². The Morgan fingerprint density at radius 2 is 2.14 bits per heavy atom. The van der Waals surface area contributed by atoms with Crippen LogP contribution in [0.2, 0.25) is 0 Å². The minimum Gasteiger partial charge on any atom is -0.485 e. The Morgan fingerprint density at radius 3 is 2.90 bits per heavy atom. The minimum absolute atomic E-state index is 0.257. The maximum absolute atomic E-state index is 11.7. The van der Waals surface area contributed by atoms with Crippen molar-refractivity contribution in [3.05, 3.63) is 65.6 Å². The Labute approximate surface area is 124 Å². The fourth-order valence-electron chi connectivity index (χ4n) is 1.84. The number of ether oxygens (including phenoxy) is 1. The molecule has 21 heavy (non-hydrogen) atoms. The molecule has 4 heteroatoms. The summed E-state index contributed by atoms with van der Waals surface area (Å²) in [7, 11) is 0. The molecule has 0 unspecified atom stereocenters. The van der Waals surface area contributed by atoms with Crippen molar-refractivity contribution >= 4 is 5.91 Å². The highest BCUT2D eigenvalue weighted by atomic mass is 16.5. The summed E-state index contributed by atoms with van der Waals surface area (Å²) >= 11 is 0. The highest BCUT2D eigenvalue weighted by molar-refractivity contribution is 5.91. The first kappa shape index (κ1) is 14.9. The average Bonchev–Trinajstić information content (AvgIpc) is 2.94. The van der Waals surface area contributed by atoms with Gasteiger partial charge in [-0.1, -0.05) is 18.2 Å². The van der Waals surface area contributed by atoms with E-state index in [2.05, 4.69) is 11.9 Å². The molecule has 0 aliphatic heterocycles. The van der Waals surface area contributed by atoms with Crippen LogP contribution in [0, 0.1) is 13.8 Å². The Bertz CT molecular complexity index is 643. The molecule has 1 heterocycles. The fraction of sp³-hybridized carbons (Fsp3) is 0.235. The molecule has 0 spiro atoms. The van der Waals surface area contributed by atoms with E-state index in [-0.39, 0.29) is 11.7 Å². The summed E-state index contributed by atoms with van der Waals surface area (Å²) in [6.07, 6.45) is 1.62. The number of hydrogen-bond donors (Lipinski definition) is 1. The van der Waals surface area contributed by atoms with Gasteiger partial charge in [-0.05, 0) is 43.2 Å². The molecule has 0 radical (unpaired) electrons. The number of furan rings is 1. The van der Waals surface area contributed by atoms with E-state index in [1.165, 1.54) is 0 Å². The molecule has 0 aliphatic rings. The highest BCUT2D eigenvalue weighted by Gasteiger charge is 2.10. The van der Waals surface area contributed by atoms with Gasteiger partial charge in [0.15, 0.2) is 5.76 Å². The Hall–Kier alpha value is -2.49. The second kappa shape index (κ2) is 6.79. The molecule has 1 amide bonds. The molecule has 0 saturated heterocycles. The van der Waals surface area contributed by atoms with E-state index in [9.17, 15) is 4.79 Å². The molecule has 2 aromatic rings. The van der Waals surface area contributed by atoms with Crippen molar-refractivity contribution in [3.8, 4) is 5.75 Å². The number of rotatable bonds is 6. The second-order valence-corrected chi connectivity index (χ2v) is 4.82. The van der Waals surface area contributed by atoms with Crippen LogP contribution in [0.5, 0.6) is 5.75 Å². The molecule has 1 aromatic heterocycles. The zero-order chi connectivity index (χ0) is 15.2. The van der Waals surface area contributed by atoms with Crippen molar-refractivity contribution in [3.63, 3.8) is 0 Å². The summed E-state index contributed by atoms with van der Waals surface area (Å²) in [5, 5.41) is 2.66. The van der Waals surface area contributed by atoms with Crippen molar-refractivity contribution in [2.45, 2.75) is 20.5 Å². The smallest absolute Gasteiger partial charge is 0.287 e. The Kier molecular flexibility index (Phi) is 4.82. The van der Waals surface area contributed by atoms with Crippen LogP contribution in [0.1, 0.15) is 27.4 Å². The van der Waals surface area contributed by atoms with Crippen LogP contribution in [-0.2, 0) is 6.61 Å². The monoisotopic (exact) mass is 285 g/mol. The van der Waals surface area contributed by atoms with E-state index in [4.69, 9.17) is 9.15 Å². The third kappa shape index (κ3) is 3.99. The maximum atomic E-state index is 11.7. The van der Waals surface area contributed by atoms with E-state index in [0.717, 1.165) is 16.9 Å². The zero-order valence-corrected chi connectivity index (χ0v) is 12.3. The summed E-state index contributed by atoms with van der Waals surface area (Å²) < 4.78 is 11.2. The van der Waals surface area contributed by atoms with Crippen LogP contribution in [0.25, 0.3) is 0 Å². The van der Waals surface area contributed by atoms with Gasteiger partial charge in [0.05, 0.1) is 0 Å². The van der Waals surface area contributed by atoms with Crippen molar-refractivity contribution in [2.75, 3.05) is 6.54 Å². The average molecular weight is 285 g/mol. The Morgan fingerprint density at radius 1 is 1.33 bits per heavy atom. The second-order valence-electron chi connectivity index (χ2n) is 4.82. The Balaban J connectivity index is 1.98. The SMILES string of the molecule is C=CCNC(=O)c1ccc(COc2cc(C)ccc2C)o1. The first-order valence-electron chi connectivity index (χ1n) is 6.78. The third-order valence-corrected chi connectivity index (χ3v) is 3.01. The largest absolute Gasteiger partial charge is 0.485 e. The highest BCUT2D eigenvalue weighted by Crippen LogP contribution is 2.21. The lowest BCUT2D eigenvalue weighted by atomic mass is 10.1. The van der Waals surface area contributed by atoms with Crippen LogP contribution in [0.4, 0.5) is 0 Å². The van der Waals surface area contributed by atoms with Gasteiger partial charge in [-0.15, -0.1) is 6.58 Å². The van der Waals surface area contributed by atoms with Gasteiger partial charge in [0.2, 0.25) is 0 Å². The van der Waals surface area contributed by atoms with Gasteiger partial charge < -0.3 is 14.5 Å². The predicted molar refractivity (Wildman–Crippen MR) is 81.5 cm³/mol. The standard InChI is InChI=1S/C17H19NO3/c1-4-9-18-17(19)15-8-7-14(21-15)11-20-16-10-12(2)5-6-13(16)3/h4-8,10H,1,9,11H2,2-3H3,(H,18,19). The number of aryl methyl sites for hydroxylation is 2. The van der Waals surface area contributed by atoms with Crippen molar-refractivity contribution < 1.29 is 13.9 Å². The molecular weight excluding hydrogens is 266 g/mol. The molecular formula is C17H19NO3. The molecule has 0 bridgehead atoms. The normalized spacial score (nSPS) is 10.2. The van der Waals surface area contributed by atoms with E-state index < -0.39 is 0 Å². The van der Waals surface area contributed by atoms with Crippen molar-refractivity contribution in [1.82, 2.24) is 5.32 Å². The number of nitrogens with one attached hydrogen (secondary N) is 1. The number of carbonyl (C=O) groups is 1. The molecule has 0 aliphatic carbocycles. The van der Waals surface area contributed by atoms with E-state index in [0.29, 0.717) is 18.9 Å². The van der Waals surface area contributed by atoms with Gasteiger partial charge in [0.25, 0.3) is 5.91 Å². The summed E-state index contributed by atoms with van der Waals surface area (Å²) in [5.41, 5.74) is 2.20.